The van der Waals surface area contributed by atoms with Gasteiger partial charge in [0.15, 0.2) is 5.96 Å². The Hall–Kier alpha value is -0.990. The summed E-state index contributed by atoms with van der Waals surface area (Å²) in [5.74, 6) is 1.23. The highest BCUT2D eigenvalue weighted by Gasteiger charge is 2.52. The van der Waals surface area contributed by atoms with Crippen LogP contribution in [0.1, 0.15) is 34.1 Å². The quantitative estimate of drug-likeness (QED) is 0.422. The number of aliphatic imine (C=N–C) groups is 1. The van der Waals surface area contributed by atoms with Crippen molar-refractivity contribution in [1.29, 1.82) is 0 Å². The van der Waals surface area contributed by atoms with Gasteiger partial charge in [0.25, 0.3) is 0 Å². The van der Waals surface area contributed by atoms with Gasteiger partial charge in [-0.2, -0.15) is 0 Å². The summed E-state index contributed by atoms with van der Waals surface area (Å²) in [7, 11) is 0. The molecular weight excluding hydrogens is 186 g/mol. The number of hydrogen-bond donors (Lipinski definition) is 2. The lowest BCUT2D eigenvalue weighted by molar-refractivity contribution is 0.375. The van der Waals surface area contributed by atoms with Gasteiger partial charge in [0, 0.05) is 6.04 Å². The maximum Gasteiger partial charge on any atom is 0.189 e. The predicted molar refractivity (Wildman–Crippen MR) is 65.8 cm³/mol. The van der Waals surface area contributed by atoms with Crippen LogP contribution in [0.5, 0.6) is 0 Å². The van der Waals surface area contributed by atoms with Crippen LogP contribution in [0.3, 0.4) is 0 Å². The van der Waals surface area contributed by atoms with Crippen molar-refractivity contribution >= 4 is 5.96 Å². The Labute approximate surface area is 92.8 Å². The van der Waals surface area contributed by atoms with Gasteiger partial charge in [0.05, 0.1) is 6.54 Å². The van der Waals surface area contributed by atoms with E-state index in [2.05, 4.69) is 37.7 Å². The lowest BCUT2D eigenvalue weighted by Crippen LogP contribution is -2.36. The zero-order valence-electron chi connectivity index (χ0n) is 10.3. The molecule has 0 saturated heterocycles. The molecule has 0 amide bonds. The summed E-state index contributed by atoms with van der Waals surface area (Å²) in [6, 6.07) is 0.492. The van der Waals surface area contributed by atoms with Crippen molar-refractivity contribution in [3.63, 3.8) is 0 Å². The maximum atomic E-state index is 5.78. The van der Waals surface area contributed by atoms with Crippen LogP contribution >= 0.6 is 0 Å². The molecule has 3 nitrogen and oxygen atoms in total. The maximum absolute atomic E-state index is 5.78. The molecule has 3 heteroatoms. The molecule has 0 bridgehead atoms. The first-order valence-electron chi connectivity index (χ1n) is 5.57. The SMILES string of the molecule is C=C(C)CN=C(N)NC1CC1(C)C(C)C. The van der Waals surface area contributed by atoms with E-state index in [-0.39, 0.29) is 0 Å². The fourth-order valence-corrected chi connectivity index (χ4v) is 1.68. The number of rotatable bonds is 4. The van der Waals surface area contributed by atoms with Gasteiger partial charge in [-0.05, 0) is 24.7 Å². The molecule has 0 aromatic carbocycles. The van der Waals surface area contributed by atoms with Gasteiger partial charge in [0.1, 0.15) is 0 Å². The molecule has 3 N–H and O–H groups in total. The summed E-state index contributed by atoms with van der Waals surface area (Å²) in [5, 5.41) is 3.27. The van der Waals surface area contributed by atoms with Gasteiger partial charge < -0.3 is 11.1 Å². The minimum atomic E-state index is 0.392. The molecule has 0 aliphatic heterocycles. The number of nitrogens with zero attached hydrogens (tertiary/aromatic N) is 1. The van der Waals surface area contributed by atoms with Crippen LogP contribution < -0.4 is 11.1 Å². The standard InChI is InChI=1S/C12H23N3/c1-8(2)7-14-11(13)15-10-6-12(10,5)9(3)4/h9-10H,1,6-7H2,2-5H3,(H3,13,14,15). The summed E-state index contributed by atoms with van der Waals surface area (Å²) >= 11 is 0. The van der Waals surface area contributed by atoms with Gasteiger partial charge in [0.2, 0.25) is 0 Å². The number of guanidine groups is 1. The Morgan fingerprint density at radius 2 is 2.27 bits per heavy atom. The van der Waals surface area contributed by atoms with Crippen molar-refractivity contribution in [3.8, 4) is 0 Å². The minimum absolute atomic E-state index is 0.392. The van der Waals surface area contributed by atoms with E-state index >= 15 is 0 Å². The molecule has 0 heterocycles. The van der Waals surface area contributed by atoms with Crippen molar-refractivity contribution in [2.24, 2.45) is 22.1 Å². The fraction of sp³-hybridized carbons (Fsp3) is 0.750. The fourth-order valence-electron chi connectivity index (χ4n) is 1.68. The topological polar surface area (TPSA) is 50.4 Å². The van der Waals surface area contributed by atoms with Crippen molar-refractivity contribution in [2.75, 3.05) is 6.54 Å². The Kier molecular flexibility index (Phi) is 3.42. The zero-order valence-corrected chi connectivity index (χ0v) is 10.3. The van der Waals surface area contributed by atoms with Crippen molar-refractivity contribution in [1.82, 2.24) is 5.32 Å². The molecule has 2 atom stereocenters. The van der Waals surface area contributed by atoms with E-state index in [9.17, 15) is 0 Å². The summed E-state index contributed by atoms with van der Waals surface area (Å²) in [6.07, 6.45) is 1.19. The molecule has 1 rings (SSSR count). The minimum Gasteiger partial charge on any atom is -0.370 e. The van der Waals surface area contributed by atoms with Gasteiger partial charge in [-0.25, -0.2) is 4.99 Å². The second-order valence-electron chi connectivity index (χ2n) is 5.22. The van der Waals surface area contributed by atoms with E-state index in [0.717, 1.165) is 5.57 Å². The molecule has 0 radical (unpaired) electrons. The molecule has 1 aliphatic carbocycles. The Balaban J connectivity index is 2.39. The molecular formula is C12H23N3. The summed E-state index contributed by atoms with van der Waals surface area (Å²) < 4.78 is 0. The third kappa shape index (κ3) is 2.98. The van der Waals surface area contributed by atoms with Gasteiger partial charge in [-0.3, -0.25) is 0 Å². The average molecular weight is 209 g/mol. The van der Waals surface area contributed by atoms with Crippen molar-refractivity contribution in [2.45, 2.75) is 40.2 Å². The van der Waals surface area contributed by atoms with Crippen molar-refractivity contribution < 1.29 is 0 Å². The molecule has 0 aromatic rings. The number of hydrogen-bond acceptors (Lipinski definition) is 1. The van der Waals surface area contributed by atoms with Crippen LogP contribution in [0.25, 0.3) is 0 Å². The summed E-state index contributed by atoms with van der Waals surface area (Å²) in [4.78, 5) is 4.21. The first-order valence-corrected chi connectivity index (χ1v) is 5.57. The van der Waals surface area contributed by atoms with Crippen LogP contribution in [-0.2, 0) is 0 Å². The van der Waals surface area contributed by atoms with E-state index in [1.807, 2.05) is 6.92 Å². The van der Waals surface area contributed by atoms with Crippen LogP contribution in [0, 0.1) is 11.3 Å². The van der Waals surface area contributed by atoms with Gasteiger partial charge in [-0.1, -0.05) is 32.9 Å². The van der Waals surface area contributed by atoms with E-state index in [1.165, 1.54) is 6.42 Å². The highest BCUT2D eigenvalue weighted by molar-refractivity contribution is 5.78. The Bertz CT molecular complexity index is 281. The molecule has 0 spiro atoms. The van der Waals surface area contributed by atoms with Crippen LogP contribution in [0.2, 0.25) is 0 Å². The smallest absolute Gasteiger partial charge is 0.189 e. The van der Waals surface area contributed by atoms with Crippen LogP contribution in [0.4, 0.5) is 0 Å². The third-order valence-corrected chi connectivity index (χ3v) is 3.44. The van der Waals surface area contributed by atoms with Gasteiger partial charge >= 0.3 is 0 Å². The van der Waals surface area contributed by atoms with Crippen LogP contribution in [-0.4, -0.2) is 18.5 Å². The summed E-state index contributed by atoms with van der Waals surface area (Å²) in [6.45, 7) is 13.2. The normalized spacial score (nSPS) is 30.5. The molecule has 1 aliphatic rings. The zero-order chi connectivity index (χ0) is 11.6. The van der Waals surface area contributed by atoms with E-state index in [4.69, 9.17) is 5.73 Å². The first kappa shape index (κ1) is 12.1. The highest BCUT2D eigenvalue weighted by Crippen LogP contribution is 2.51. The Morgan fingerprint density at radius 1 is 1.67 bits per heavy atom. The van der Waals surface area contributed by atoms with Crippen LogP contribution in [0.15, 0.2) is 17.1 Å². The lowest BCUT2D eigenvalue weighted by atomic mass is 9.94. The third-order valence-electron chi connectivity index (χ3n) is 3.44. The largest absolute Gasteiger partial charge is 0.370 e. The molecule has 86 valence electrons. The summed E-state index contributed by atoms with van der Waals surface area (Å²) in [5.41, 5.74) is 7.20. The highest BCUT2D eigenvalue weighted by atomic mass is 15.1. The predicted octanol–water partition coefficient (Wildman–Crippen LogP) is 1.90. The first-order chi connectivity index (χ1) is 6.86. The molecule has 2 unspecified atom stereocenters. The van der Waals surface area contributed by atoms with E-state index < -0.39 is 0 Å². The van der Waals surface area contributed by atoms with E-state index in [1.54, 1.807) is 0 Å². The molecule has 1 fully saturated rings. The Morgan fingerprint density at radius 3 is 2.67 bits per heavy atom. The molecule has 0 aromatic heterocycles. The second kappa shape index (κ2) is 4.25. The second-order valence-corrected chi connectivity index (χ2v) is 5.22. The number of nitrogens with two attached hydrogens (primary N) is 1. The molecule has 1 saturated carbocycles. The van der Waals surface area contributed by atoms with E-state index in [0.29, 0.717) is 29.9 Å². The van der Waals surface area contributed by atoms with Gasteiger partial charge in [-0.15, -0.1) is 0 Å². The molecule has 15 heavy (non-hydrogen) atoms. The monoisotopic (exact) mass is 209 g/mol. The lowest BCUT2D eigenvalue weighted by Gasteiger charge is -2.16. The average Bonchev–Trinajstić information content (AvgIpc) is 2.75. The van der Waals surface area contributed by atoms with Crippen molar-refractivity contribution in [3.05, 3.63) is 12.2 Å². The number of nitrogens with one attached hydrogen (secondary N) is 1.